The lowest BCUT2D eigenvalue weighted by molar-refractivity contribution is 0.0957. The number of hydrogen-bond acceptors (Lipinski definition) is 2. The van der Waals surface area contributed by atoms with Crippen LogP contribution in [0.5, 0.6) is 0 Å². The average molecular weight is 281 g/mol. The number of Topliss-reactive ketones (excluding diaryl/α,β-unsaturated/α-hetero) is 1. The second-order valence-electron chi connectivity index (χ2n) is 5.38. The third-order valence-corrected chi connectivity index (χ3v) is 3.86. The summed E-state index contributed by atoms with van der Waals surface area (Å²) in [5, 5.41) is 0. The van der Waals surface area contributed by atoms with E-state index in [2.05, 4.69) is 4.90 Å². The summed E-state index contributed by atoms with van der Waals surface area (Å²) < 4.78 is 26.6. The van der Waals surface area contributed by atoms with Gasteiger partial charge in [0.25, 0.3) is 0 Å². The summed E-state index contributed by atoms with van der Waals surface area (Å²) in [6.45, 7) is 2.63. The highest BCUT2D eigenvalue weighted by molar-refractivity contribution is 5.96. The Morgan fingerprint density at radius 1 is 1.05 bits per heavy atom. The molecule has 2 nitrogen and oxygen atoms in total. The molecule has 1 heterocycles. The predicted molar refractivity (Wildman–Crippen MR) is 74.8 cm³/mol. The van der Waals surface area contributed by atoms with Gasteiger partial charge in [-0.1, -0.05) is 25.3 Å². The van der Waals surface area contributed by atoms with E-state index in [0.717, 1.165) is 32.0 Å². The van der Waals surface area contributed by atoms with Crippen molar-refractivity contribution in [2.24, 2.45) is 0 Å². The van der Waals surface area contributed by atoms with Crippen LogP contribution in [0.2, 0.25) is 0 Å². The van der Waals surface area contributed by atoms with Gasteiger partial charge in [0.1, 0.15) is 0 Å². The molecule has 110 valence electrons. The number of carbonyl (C=O) groups excluding carboxylic acids is 1. The van der Waals surface area contributed by atoms with E-state index in [1.54, 1.807) is 0 Å². The van der Waals surface area contributed by atoms with Crippen molar-refractivity contribution in [3.05, 3.63) is 35.4 Å². The maximum absolute atomic E-state index is 13.5. The highest BCUT2D eigenvalue weighted by Gasteiger charge is 2.16. The van der Waals surface area contributed by atoms with Gasteiger partial charge in [-0.05, 0) is 38.1 Å². The first-order valence-electron chi connectivity index (χ1n) is 7.38. The Morgan fingerprint density at radius 2 is 1.70 bits per heavy atom. The van der Waals surface area contributed by atoms with Crippen LogP contribution in [0.1, 0.15) is 48.9 Å². The van der Waals surface area contributed by atoms with Crippen molar-refractivity contribution in [3.63, 3.8) is 0 Å². The number of carbonyl (C=O) groups is 1. The molecule has 0 bridgehead atoms. The third-order valence-electron chi connectivity index (χ3n) is 3.86. The summed E-state index contributed by atoms with van der Waals surface area (Å²) in [4.78, 5) is 14.2. The minimum Gasteiger partial charge on any atom is -0.303 e. The van der Waals surface area contributed by atoms with Crippen LogP contribution in [0.4, 0.5) is 8.78 Å². The predicted octanol–water partition coefficient (Wildman–Crippen LogP) is 3.80. The lowest BCUT2D eigenvalue weighted by atomic mass is 10.1. The molecular weight excluding hydrogens is 260 g/mol. The van der Waals surface area contributed by atoms with Gasteiger partial charge >= 0.3 is 0 Å². The van der Waals surface area contributed by atoms with Gasteiger partial charge in [0.05, 0.1) is 5.56 Å². The molecule has 0 aromatic heterocycles. The zero-order valence-electron chi connectivity index (χ0n) is 11.7. The Hall–Kier alpha value is -1.29. The summed E-state index contributed by atoms with van der Waals surface area (Å²) in [7, 11) is 0. The Bertz CT molecular complexity index is 454. The molecule has 0 spiro atoms. The van der Waals surface area contributed by atoms with E-state index in [1.165, 1.54) is 31.4 Å². The molecule has 4 heteroatoms. The zero-order valence-corrected chi connectivity index (χ0v) is 11.7. The van der Waals surface area contributed by atoms with Crippen LogP contribution in [0, 0.1) is 11.6 Å². The van der Waals surface area contributed by atoms with Gasteiger partial charge in [-0.2, -0.15) is 0 Å². The molecule has 0 saturated carbocycles. The topological polar surface area (TPSA) is 20.3 Å². The fraction of sp³-hybridized carbons (Fsp3) is 0.562. The van der Waals surface area contributed by atoms with Gasteiger partial charge in [-0.15, -0.1) is 0 Å². The second-order valence-corrected chi connectivity index (χ2v) is 5.38. The number of nitrogens with zero attached hydrogens (tertiary/aromatic N) is 1. The number of likely N-dealkylation sites (tertiary alicyclic amines) is 1. The Morgan fingerprint density at radius 3 is 2.40 bits per heavy atom. The first kappa shape index (κ1) is 15.1. The maximum atomic E-state index is 13.5. The van der Waals surface area contributed by atoms with Crippen molar-refractivity contribution in [2.75, 3.05) is 19.6 Å². The SMILES string of the molecule is O=C(CCN1CCCCCCC1)c1cccc(F)c1F. The summed E-state index contributed by atoms with van der Waals surface area (Å²) in [5.41, 5.74) is -0.128. The van der Waals surface area contributed by atoms with Crippen molar-refractivity contribution >= 4 is 5.78 Å². The lowest BCUT2D eigenvalue weighted by Gasteiger charge is -2.24. The number of benzene rings is 1. The molecule has 0 amide bonds. The van der Waals surface area contributed by atoms with Gasteiger partial charge in [-0.3, -0.25) is 4.79 Å². The van der Waals surface area contributed by atoms with Crippen molar-refractivity contribution in [3.8, 4) is 0 Å². The van der Waals surface area contributed by atoms with E-state index < -0.39 is 11.6 Å². The van der Waals surface area contributed by atoms with E-state index in [9.17, 15) is 13.6 Å². The van der Waals surface area contributed by atoms with Crippen LogP contribution in [0.3, 0.4) is 0 Å². The monoisotopic (exact) mass is 281 g/mol. The van der Waals surface area contributed by atoms with Crippen LogP contribution >= 0.6 is 0 Å². The third kappa shape index (κ3) is 4.10. The quantitative estimate of drug-likeness (QED) is 0.782. The number of ketones is 1. The van der Waals surface area contributed by atoms with Gasteiger partial charge in [0.15, 0.2) is 17.4 Å². The molecule has 20 heavy (non-hydrogen) atoms. The number of rotatable bonds is 4. The van der Waals surface area contributed by atoms with Gasteiger partial charge in [0, 0.05) is 13.0 Å². The average Bonchev–Trinajstić information content (AvgIpc) is 2.40. The molecule has 0 radical (unpaired) electrons. The van der Waals surface area contributed by atoms with Crippen molar-refractivity contribution in [1.82, 2.24) is 4.90 Å². The highest BCUT2D eigenvalue weighted by Crippen LogP contribution is 2.15. The largest absolute Gasteiger partial charge is 0.303 e. The van der Waals surface area contributed by atoms with Crippen molar-refractivity contribution < 1.29 is 13.6 Å². The number of halogens is 2. The van der Waals surface area contributed by atoms with Crippen LogP contribution in [0.25, 0.3) is 0 Å². The fourth-order valence-corrected chi connectivity index (χ4v) is 2.65. The minimum absolute atomic E-state index is 0.128. The molecule has 1 aliphatic heterocycles. The van der Waals surface area contributed by atoms with Gasteiger partial charge in [0.2, 0.25) is 0 Å². The summed E-state index contributed by atoms with van der Waals surface area (Å²) in [6.07, 6.45) is 6.33. The highest BCUT2D eigenvalue weighted by atomic mass is 19.2. The smallest absolute Gasteiger partial charge is 0.169 e. The van der Waals surface area contributed by atoms with E-state index in [4.69, 9.17) is 0 Å². The van der Waals surface area contributed by atoms with Crippen LogP contribution in [0.15, 0.2) is 18.2 Å². The molecular formula is C16H21F2NO. The molecule has 1 aromatic carbocycles. The van der Waals surface area contributed by atoms with E-state index in [-0.39, 0.29) is 17.8 Å². The van der Waals surface area contributed by atoms with Crippen molar-refractivity contribution in [2.45, 2.75) is 38.5 Å². The standard InChI is InChI=1S/C16H21F2NO/c17-14-8-6-7-13(16(14)18)15(20)9-12-19-10-4-2-1-3-5-11-19/h6-8H,1-5,9-12H2. The Labute approximate surface area is 118 Å². The van der Waals surface area contributed by atoms with Crippen LogP contribution in [-0.4, -0.2) is 30.3 Å². The van der Waals surface area contributed by atoms with E-state index in [0.29, 0.717) is 6.54 Å². The van der Waals surface area contributed by atoms with Crippen LogP contribution in [-0.2, 0) is 0 Å². The molecule has 1 aliphatic rings. The Balaban J connectivity index is 1.89. The first-order chi connectivity index (χ1) is 9.68. The molecule has 1 saturated heterocycles. The summed E-state index contributed by atoms with van der Waals surface area (Å²) in [5.74, 6) is -2.30. The molecule has 2 rings (SSSR count). The molecule has 0 N–H and O–H groups in total. The number of hydrogen-bond donors (Lipinski definition) is 0. The van der Waals surface area contributed by atoms with Gasteiger partial charge in [-0.25, -0.2) is 8.78 Å². The molecule has 0 unspecified atom stereocenters. The normalized spacial score (nSPS) is 17.5. The molecule has 0 atom stereocenters. The first-order valence-corrected chi connectivity index (χ1v) is 7.38. The lowest BCUT2D eigenvalue weighted by Crippen LogP contribution is -2.29. The van der Waals surface area contributed by atoms with E-state index in [1.807, 2.05) is 0 Å². The molecule has 1 aromatic rings. The Kier molecular flexibility index (Phi) is 5.65. The van der Waals surface area contributed by atoms with E-state index >= 15 is 0 Å². The van der Waals surface area contributed by atoms with Gasteiger partial charge < -0.3 is 4.90 Å². The minimum atomic E-state index is -1.02. The fourth-order valence-electron chi connectivity index (χ4n) is 2.65. The maximum Gasteiger partial charge on any atom is 0.169 e. The second kappa shape index (κ2) is 7.48. The molecule has 1 fully saturated rings. The van der Waals surface area contributed by atoms with Crippen molar-refractivity contribution in [1.29, 1.82) is 0 Å². The molecule has 0 aliphatic carbocycles. The summed E-state index contributed by atoms with van der Waals surface area (Å²) >= 11 is 0. The van der Waals surface area contributed by atoms with Crippen LogP contribution < -0.4 is 0 Å². The zero-order chi connectivity index (χ0) is 14.4. The summed E-state index contributed by atoms with van der Waals surface area (Å²) in [6, 6.07) is 3.76.